The van der Waals surface area contributed by atoms with E-state index in [1.54, 1.807) is 6.92 Å². The van der Waals surface area contributed by atoms with E-state index in [0.717, 1.165) is 12.5 Å². The molecule has 12 heteroatoms. The van der Waals surface area contributed by atoms with Gasteiger partial charge in [0.2, 0.25) is 0 Å². The van der Waals surface area contributed by atoms with Crippen molar-refractivity contribution in [2.75, 3.05) is 6.61 Å². The molecule has 0 aliphatic rings. The average Bonchev–Trinajstić information content (AvgIpc) is 2.49. The molecule has 5 nitrogen and oxygen atoms in total. The first-order valence-corrected chi connectivity index (χ1v) is 27.8. The van der Waals surface area contributed by atoms with Gasteiger partial charge in [0.05, 0.1) is 6.61 Å². The Hall–Kier alpha value is 0.608. The molecule has 0 aromatic heterocycles. The third-order valence-electron chi connectivity index (χ3n) is 2.87. The maximum Gasteiger partial charge on any atom is 0.333 e. The van der Waals surface area contributed by atoms with Gasteiger partial charge >= 0.3 is 5.97 Å². The molecule has 0 atom stereocenters. The summed E-state index contributed by atoms with van der Waals surface area (Å²) >= 11 is 0. The summed E-state index contributed by atoms with van der Waals surface area (Å²) in [6, 6.07) is 1.01. The van der Waals surface area contributed by atoms with Crippen LogP contribution in [0.3, 0.4) is 0 Å². The maximum atomic E-state index is 11.7. The van der Waals surface area contributed by atoms with Crippen molar-refractivity contribution >= 4 is 65.4 Å². The number of carbonyl (C=O) groups excluding carboxylic acids is 1. The number of hydrogen-bond acceptors (Lipinski definition) is 5. The Balaban J connectivity index is 5.28. The normalized spacial score (nSPS) is 13.5. The summed E-state index contributed by atoms with van der Waals surface area (Å²) in [6.45, 7) is 23.9. The largest absolute Gasteiger partial charge is 0.462 e. The minimum Gasteiger partial charge on any atom is -0.462 e. The molecule has 0 aromatic carbocycles. The molecule has 0 N–H and O–H groups in total. The molecule has 0 amide bonds. The van der Waals surface area contributed by atoms with Crippen molar-refractivity contribution < 1.29 is 21.9 Å². The zero-order chi connectivity index (χ0) is 22.2. The molecule has 160 valence electrons. The van der Waals surface area contributed by atoms with Gasteiger partial charge in [-0.25, -0.2) is 4.79 Å². The standard InChI is InChI=1S/C16H38O5Si7/c1-15(2)16(17)18-13-12-14-28(22-19-25(3,4)5,23-20-26(6,7)8)24-21-27(9,10)11/h1,12-14H2,2-11H3. The van der Waals surface area contributed by atoms with Crippen LogP contribution in [0.2, 0.25) is 65.0 Å². The number of hydrogen-bond donors (Lipinski definition) is 0. The lowest BCUT2D eigenvalue weighted by molar-refractivity contribution is -0.138. The molecule has 0 unspecified atom stereocenters. The Morgan fingerprint density at radius 2 is 1.14 bits per heavy atom. The molecular weight excluding hydrogens is 469 g/mol. The second-order valence-electron chi connectivity index (χ2n) is 9.87. The van der Waals surface area contributed by atoms with Gasteiger partial charge in [-0.15, -0.1) is 0 Å². The molecule has 0 bridgehead atoms. The molecule has 0 spiro atoms. The van der Waals surface area contributed by atoms with Crippen LogP contribution < -0.4 is 0 Å². The summed E-state index contributed by atoms with van der Waals surface area (Å²) in [7, 11) is -3.44. The fourth-order valence-corrected chi connectivity index (χ4v) is 33.7. The number of ether oxygens (including phenoxy) is 1. The van der Waals surface area contributed by atoms with Crippen LogP contribution in [0.1, 0.15) is 13.3 Å². The van der Waals surface area contributed by atoms with Crippen LogP contribution in [0.15, 0.2) is 12.2 Å². The molecule has 0 saturated carbocycles. The van der Waals surface area contributed by atoms with Crippen LogP contribution in [0.25, 0.3) is 0 Å². The van der Waals surface area contributed by atoms with Gasteiger partial charge in [0, 0.05) is 5.57 Å². The second-order valence-corrected chi connectivity index (χ2v) is 41.9. The SMILES string of the molecule is C=C(C)C(=O)OCCC[Si]([Si]O[Si](C)(C)C)([Si]O[Si](C)(C)C)[Si]O[Si](C)(C)C. The quantitative estimate of drug-likeness (QED) is 0.155. The van der Waals surface area contributed by atoms with Crippen molar-refractivity contribution in [3.8, 4) is 0 Å². The lowest BCUT2D eigenvalue weighted by Gasteiger charge is -2.34. The Labute approximate surface area is 183 Å². The van der Waals surface area contributed by atoms with E-state index in [0.29, 0.717) is 40.0 Å². The van der Waals surface area contributed by atoms with E-state index in [1.807, 2.05) is 0 Å². The van der Waals surface area contributed by atoms with Crippen LogP contribution in [-0.2, 0) is 21.9 Å². The first kappa shape index (κ1) is 28.6. The maximum absolute atomic E-state index is 11.7. The predicted octanol–water partition coefficient (Wildman–Crippen LogP) is 3.85. The zero-order valence-electron chi connectivity index (χ0n) is 19.4. The molecule has 0 heterocycles. The highest BCUT2D eigenvalue weighted by molar-refractivity contribution is 7.68. The molecule has 0 fully saturated rings. The highest BCUT2D eigenvalue weighted by atomic mass is 29.9. The second kappa shape index (κ2) is 11.9. The van der Waals surface area contributed by atoms with Gasteiger partial charge in [-0.1, -0.05) is 12.6 Å². The lowest BCUT2D eigenvalue weighted by atomic mass is 10.4. The van der Waals surface area contributed by atoms with Gasteiger partial charge < -0.3 is 17.1 Å². The van der Waals surface area contributed by atoms with E-state index in [-0.39, 0.29) is 5.97 Å². The van der Waals surface area contributed by atoms with E-state index in [1.165, 1.54) is 0 Å². The van der Waals surface area contributed by atoms with Gasteiger partial charge in [-0.05, 0) is 72.3 Å². The smallest absolute Gasteiger partial charge is 0.333 e. The van der Waals surface area contributed by atoms with Gasteiger partial charge in [0.25, 0.3) is 0 Å². The molecule has 0 aromatic rings. The molecule has 0 saturated heterocycles. The van der Waals surface area contributed by atoms with E-state index in [2.05, 4.69) is 65.5 Å². The molecular formula is C16H38O5Si7. The molecule has 0 rings (SSSR count). The van der Waals surface area contributed by atoms with E-state index < -0.39 is 31.6 Å². The third kappa shape index (κ3) is 15.4. The molecule has 0 aliphatic heterocycles. The molecule has 0 aliphatic carbocycles. The first-order valence-electron chi connectivity index (χ1n) is 9.63. The van der Waals surface area contributed by atoms with Gasteiger partial charge in [-0.3, -0.25) is 0 Å². The van der Waals surface area contributed by atoms with Gasteiger partial charge in [0.15, 0.2) is 52.8 Å². The Morgan fingerprint density at radius 1 is 0.786 bits per heavy atom. The van der Waals surface area contributed by atoms with Crippen LogP contribution in [0, 0.1) is 0 Å². The van der Waals surface area contributed by atoms with E-state index >= 15 is 0 Å². The first-order chi connectivity index (χ1) is 12.4. The average molecular weight is 507 g/mol. The zero-order valence-corrected chi connectivity index (χ0v) is 26.4. The van der Waals surface area contributed by atoms with Crippen molar-refractivity contribution in [2.24, 2.45) is 0 Å². The molecule has 6 radical (unpaired) electrons. The minimum atomic E-state index is -1.92. The topological polar surface area (TPSA) is 54.0 Å². The summed E-state index contributed by atoms with van der Waals surface area (Å²) in [6.07, 6.45) is 0.831. The van der Waals surface area contributed by atoms with Crippen LogP contribution >= 0.6 is 0 Å². The summed E-state index contributed by atoms with van der Waals surface area (Å²) < 4.78 is 24.6. The van der Waals surface area contributed by atoms with Crippen LogP contribution in [-0.4, -0.2) is 72.0 Å². The molecule has 28 heavy (non-hydrogen) atoms. The van der Waals surface area contributed by atoms with Crippen molar-refractivity contribution in [3.63, 3.8) is 0 Å². The monoisotopic (exact) mass is 506 g/mol. The fourth-order valence-electron chi connectivity index (χ4n) is 1.56. The summed E-state index contributed by atoms with van der Waals surface area (Å²) in [4.78, 5) is 11.7. The third-order valence-corrected chi connectivity index (χ3v) is 27.2. The van der Waals surface area contributed by atoms with Crippen molar-refractivity contribution in [2.45, 2.75) is 78.3 Å². The summed E-state index contributed by atoms with van der Waals surface area (Å²) in [5.41, 5.74) is 0.445. The van der Waals surface area contributed by atoms with E-state index in [4.69, 9.17) is 17.1 Å². The Kier molecular flexibility index (Phi) is 12.1. The predicted molar refractivity (Wildman–Crippen MR) is 132 cm³/mol. The minimum absolute atomic E-state index is 0.310. The number of rotatable bonds is 14. The van der Waals surface area contributed by atoms with Crippen molar-refractivity contribution in [1.82, 2.24) is 0 Å². The summed E-state index contributed by atoms with van der Waals surface area (Å²) in [5.74, 6) is -0.310. The fraction of sp³-hybridized carbons (Fsp3) is 0.812. The van der Waals surface area contributed by atoms with Crippen LogP contribution in [0.4, 0.5) is 0 Å². The Bertz CT molecular complexity index is 463. The number of esters is 1. The summed E-state index contributed by atoms with van der Waals surface area (Å²) in [5, 5.41) is 0. The Morgan fingerprint density at radius 3 is 1.43 bits per heavy atom. The highest BCUT2D eigenvalue weighted by Gasteiger charge is 2.43. The van der Waals surface area contributed by atoms with Crippen molar-refractivity contribution in [1.29, 1.82) is 0 Å². The lowest BCUT2D eigenvalue weighted by Crippen LogP contribution is -2.62. The van der Waals surface area contributed by atoms with Crippen LogP contribution in [0.5, 0.6) is 0 Å². The van der Waals surface area contributed by atoms with Gasteiger partial charge in [0.1, 0.15) is 6.63 Å². The van der Waals surface area contributed by atoms with Gasteiger partial charge in [-0.2, -0.15) is 0 Å². The number of carbonyl (C=O) groups is 1. The van der Waals surface area contributed by atoms with E-state index in [9.17, 15) is 4.79 Å². The highest BCUT2D eigenvalue weighted by Crippen LogP contribution is 2.18. The van der Waals surface area contributed by atoms with Crippen molar-refractivity contribution in [3.05, 3.63) is 12.2 Å².